The van der Waals surface area contributed by atoms with Crippen LogP contribution in [0.2, 0.25) is 0 Å². The van der Waals surface area contributed by atoms with E-state index in [2.05, 4.69) is 5.32 Å². The number of amides is 1. The third-order valence-electron chi connectivity index (χ3n) is 2.86. The summed E-state index contributed by atoms with van der Waals surface area (Å²) in [5, 5.41) is 2.78. The minimum absolute atomic E-state index is 0.0852. The van der Waals surface area contributed by atoms with E-state index in [0.29, 0.717) is 5.88 Å². The molecular weight excluding hydrogens is 229 g/mol. The van der Waals surface area contributed by atoms with Crippen molar-refractivity contribution in [2.75, 3.05) is 5.88 Å². The van der Waals surface area contributed by atoms with Gasteiger partial charge >= 0.3 is 0 Å². The van der Waals surface area contributed by atoms with Crippen LogP contribution in [0, 0.1) is 12.7 Å². The van der Waals surface area contributed by atoms with Crippen LogP contribution in [0.5, 0.6) is 0 Å². The number of rotatable bonds is 3. The normalized spacial score (nSPS) is 16.9. The van der Waals surface area contributed by atoms with E-state index in [1.807, 2.05) is 0 Å². The summed E-state index contributed by atoms with van der Waals surface area (Å²) >= 11 is 5.74. The van der Waals surface area contributed by atoms with Crippen LogP contribution in [0.3, 0.4) is 0 Å². The number of alkyl halides is 1. The number of hydrogen-bond acceptors (Lipinski definition) is 1. The van der Waals surface area contributed by atoms with Crippen molar-refractivity contribution >= 4 is 17.5 Å². The SMILES string of the molecule is Cc1ccc(C(=O)NC2(CCl)CC2)c(F)c1. The Morgan fingerprint density at radius 2 is 2.25 bits per heavy atom. The molecule has 1 aliphatic rings. The molecule has 2 nitrogen and oxygen atoms in total. The zero-order valence-corrected chi connectivity index (χ0v) is 9.77. The first-order valence-corrected chi connectivity index (χ1v) is 5.74. The summed E-state index contributed by atoms with van der Waals surface area (Å²) in [6, 6.07) is 4.58. The van der Waals surface area contributed by atoms with Crippen molar-refractivity contribution in [2.24, 2.45) is 0 Å². The van der Waals surface area contributed by atoms with Crippen molar-refractivity contribution in [1.29, 1.82) is 0 Å². The Labute approximate surface area is 98.8 Å². The molecule has 0 heterocycles. The van der Waals surface area contributed by atoms with Crippen LogP contribution in [-0.4, -0.2) is 17.3 Å². The molecule has 1 N–H and O–H groups in total. The number of hydrogen-bond donors (Lipinski definition) is 1. The van der Waals surface area contributed by atoms with Gasteiger partial charge in [-0.3, -0.25) is 4.79 Å². The van der Waals surface area contributed by atoms with Gasteiger partial charge in [0.25, 0.3) is 5.91 Å². The average Bonchev–Trinajstić information content (AvgIpc) is 2.98. The zero-order chi connectivity index (χ0) is 11.8. The maximum Gasteiger partial charge on any atom is 0.254 e. The number of carbonyl (C=O) groups excluding carboxylic acids is 1. The lowest BCUT2D eigenvalue weighted by Crippen LogP contribution is -2.38. The lowest BCUT2D eigenvalue weighted by Gasteiger charge is -2.14. The minimum Gasteiger partial charge on any atom is -0.345 e. The van der Waals surface area contributed by atoms with Crippen LogP contribution in [0.4, 0.5) is 4.39 Å². The van der Waals surface area contributed by atoms with Crippen LogP contribution >= 0.6 is 11.6 Å². The van der Waals surface area contributed by atoms with Gasteiger partial charge in [-0.25, -0.2) is 4.39 Å². The average molecular weight is 242 g/mol. The molecule has 0 unspecified atom stereocenters. The smallest absolute Gasteiger partial charge is 0.254 e. The van der Waals surface area contributed by atoms with E-state index in [0.717, 1.165) is 18.4 Å². The maximum atomic E-state index is 13.5. The Morgan fingerprint density at radius 1 is 1.56 bits per heavy atom. The lowest BCUT2D eigenvalue weighted by molar-refractivity contribution is 0.0932. The molecule has 16 heavy (non-hydrogen) atoms. The first-order chi connectivity index (χ1) is 7.56. The Balaban J connectivity index is 2.15. The van der Waals surface area contributed by atoms with Gasteiger partial charge in [0.15, 0.2) is 0 Å². The summed E-state index contributed by atoms with van der Waals surface area (Å²) in [6.07, 6.45) is 1.74. The number of benzene rings is 1. The van der Waals surface area contributed by atoms with Gasteiger partial charge in [-0.15, -0.1) is 11.6 Å². The summed E-state index contributed by atoms with van der Waals surface area (Å²) in [7, 11) is 0. The fourth-order valence-corrected chi connectivity index (χ4v) is 1.89. The molecule has 2 rings (SSSR count). The van der Waals surface area contributed by atoms with Crippen LogP contribution in [0.25, 0.3) is 0 Å². The lowest BCUT2D eigenvalue weighted by atomic mass is 10.1. The molecule has 0 aliphatic heterocycles. The second-order valence-corrected chi connectivity index (χ2v) is 4.62. The fourth-order valence-electron chi connectivity index (χ4n) is 1.56. The van der Waals surface area contributed by atoms with E-state index >= 15 is 0 Å². The largest absolute Gasteiger partial charge is 0.345 e. The molecule has 86 valence electrons. The molecule has 1 saturated carbocycles. The molecule has 1 aromatic carbocycles. The molecule has 1 aliphatic carbocycles. The Bertz CT molecular complexity index is 429. The van der Waals surface area contributed by atoms with Gasteiger partial charge in [-0.05, 0) is 37.5 Å². The van der Waals surface area contributed by atoms with Gasteiger partial charge in [0.05, 0.1) is 11.1 Å². The highest BCUT2D eigenvalue weighted by Gasteiger charge is 2.43. The summed E-state index contributed by atoms with van der Waals surface area (Å²) in [5.41, 5.74) is 0.588. The van der Waals surface area contributed by atoms with Crippen molar-refractivity contribution < 1.29 is 9.18 Å². The van der Waals surface area contributed by atoms with Crippen LogP contribution in [0.1, 0.15) is 28.8 Å². The molecule has 4 heteroatoms. The highest BCUT2D eigenvalue weighted by molar-refractivity contribution is 6.19. The minimum atomic E-state index is -0.483. The Hall–Kier alpha value is -1.09. The second-order valence-electron chi connectivity index (χ2n) is 4.35. The third kappa shape index (κ3) is 2.19. The first kappa shape index (κ1) is 11.4. The molecule has 0 spiro atoms. The van der Waals surface area contributed by atoms with Gasteiger partial charge < -0.3 is 5.32 Å². The van der Waals surface area contributed by atoms with Gasteiger partial charge in [0.1, 0.15) is 5.82 Å². The molecule has 0 radical (unpaired) electrons. The van der Waals surface area contributed by atoms with Gasteiger partial charge in [-0.2, -0.15) is 0 Å². The molecule has 0 bridgehead atoms. The molecule has 1 aromatic rings. The summed E-state index contributed by atoms with van der Waals surface area (Å²) < 4.78 is 13.5. The van der Waals surface area contributed by atoms with Gasteiger partial charge in [0, 0.05) is 5.88 Å². The Kier molecular flexibility index (Phi) is 2.89. The Morgan fingerprint density at radius 3 is 2.75 bits per heavy atom. The molecule has 0 atom stereocenters. The van der Waals surface area contributed by atoms with Crippen molar-refractivity contribution in [3.63, 3.8) is 0 Å². The zero-order valence-electron chi connectivity index (χ0n) is 9.02. The highest BCUT2D eigenvalue weighted by atomic mass is 35.5. The van der Waals surface area contributed by atoms with E-state index < -0.39 is 5.82 Å². The quantitative estimate of drug-likeness (QED) is 0.810. The van der Waals surface area contributed by atoms with E-state index in [1.165, 1.54) is 12.1 Å². The maximum absolute atomic E-state index is 13.5. The van der Waals surface area contributed by atoms with Crippen molar-refractivity contribution in [2.45, 2.75) is 25.3 Å². The van der Waals surface area contributed by atoms with Crippen LogP contribution < -0.4 is 5.32 Å². The standard InChI is InChI=1S/C12H13ClFNO/c1-8-2-3-9(10(14)6-8)11(16)15-12(7-13)4-5-12/h2-3,6H,4-5,7H2,1H3,(H,15,16). The number of nitrogens with one attached hydrogen (secondary N) is 1. The number of halogens is 2. The summed E-state index contributed by atoms with van der Waals surface area (Å²) in [5.74, 6) is -0.481. The first-order valence-electron chi connectivity index (χ1n) is 5.21. The van der Waals surface area contributed by atoms with Crippen molar-refractivity contribution in [1.82, 2.24) is 5.32 Å². The predicted octanol–water partition coefficient (Wildman–Crippen LogP) is 2.64. The van der Waals surface area contributed by atoms with Gasteiger partial charge in [0.2, 0.25) is 0 Å². The highest BCUT2D eigenvalue weighted by Crippen LogP contribution is 2.36. The molecule has 0 saturated heterocycles. The molecule has 1 fully saturated rings. The summed E-state index contributed by atoms with van der Waals surface area (Å²) in [6.45, 7) is 1.78. The monoisotopic (exact) mass is 241 g/mol. The van der Waals surface area contributed by atoms with E-state index in [4.69, 9.17) is 11.6 Å². The molecular formula is C12H13ClFNO. The number of carbonyl (C=O) groups is 1. The fraction of sp³-hybridized carbons (Fsp3) is 0.417. The van der Waals surface area contributed by atoms with E-state index in [-0.39, 0.29) is 17.0 Å². The van der Waals surface area contributed by atoms with E-state index in [1.54, 1.807) is 13.0 Å². The van der Waals surface area contributed by atoms with Crippen LogP contribution in [0.15, 0.2) is 18.2 Å². The third-order valence-corrected chi connectivity index (χ3v) is 3.37. The predicted molar refractivity (Wildman–Crippen MR) is 61.3 cm³/mol. The van der Waals surface area contributed by atoms with E-state index in [9.17, 15) is 9.18 Å². The van der Waals surface area contributed by atoms with Crippen LogP contribution in [-0.2, 0) is 0 Å². The van der Waals surface area contributed by atoms with Gasteiger partial charge in [-0.1, -0.05) is 6.07 Å². The van der Waals surface area contributed by atoms with Crippen molar-refractivity contribution in [3.8, 4) is 0 Å². The summed E-state index contributed by atoms with van der Waals surface area (Å²) in [4.78, 5) is 11.8. The molecule has 1 amide bonds. The second kappa shape index (κ2) is 4.06. The van der Waals surface area contributed by atoms with Crippen molar-refractivity contribution in [3.05, 3.63) is 35.1 Å². The number of aryl methyl sites for hydroxylation is 1. The molecule has 0 aromatic heterocycles. The topological polar surface area (TPSA) is 29.1 Å².